The Labute approximate surface area is 135 Å². The summed E-state index contributed by atoms with van der Waals surface area (Å²) < 4.78 is 0. The number of hydrogen-bond acceptors (Lipinski definition) is 2. The van der Waals surface area contributed by atoms with E-state index in [-0.39, 0.29) is 30.4 Å². The summed E-state index contributed by atoms with van der Waals surface area (Å²) in [4.78, 5) is 12.3. The molecule has 1 aliphatic rings. The molecule has 3 unspecified atom stereocenters. The van der Waals surface area contributed by atoms with Gasteiger partial charge in [0.15, 0.2) is 0 Å². The first-order valence-corrected chi connectivity index (χ1v) is 7.24. The lowest BCUT2D eigenvalue weighted by molar-refractivity contribution is 0.0898. The van der Waals surface area contributed by atoms with Crippen LogP contribution in [0.2, 0.25) is 10.0 Å². The summed E-state index contributed by atoms with van der Waals surface area (Å²) in [5.41, 5.74) is 0.469. The summed E-state index contributed by atoms with van der Waals surface area (Å²) in [6.07, 6.45) is 1.06. The van der Waals surface area contributed by atoms with Crippen molar-refractivity contribution in [1.29, 1.82) is 0 Å². The molecule has 2 N–H and O–H groups in total. The highest BCUT2D eigenvalue weighted by atomic mass is 35.5. The summed E-state index contributed by atoms with van der Waals surface area (Å²) in [7, 11) is 0. The Bertz CT molecular complexity index is 471. The zero-order valence-corrected chi connectivity index (χ0v) is 13.8. The van der Waals surface area contributed by atoms with Crippen molar-refractivity contribution < 1.29 is 4.79 Å². The summed E-state index contributed by atoms with van der Waals surface area (Å²) in [6.45, 7) is 5.24. The van der Waals surface area contributed by atoms with Gasteiger partial charge in [0, 0.05) is 17.1 Å². The Morgan fingerprint density at radius 2 is 2.05 bits per heavy atom. The zero-order valence-electron chi connectivity index (χ0n) is 11.5. The van der Waals surface area contributed by atoms with Crippen LogP contribution in [0.3, 0.4) is 0 Å². The maximum absolute atomic E-state index is 12.3. The number of amides is 1. The minimum Gasteiger partial charge on any atom is -0.347 e. The van der Waals surface area contributed by atoms with Gasteiger partial charge in [0.05, 0.1) is 10.6 Å². The highest BCUT2D eigenvalue weighted by Crippen LogP contribution is 2.22. The molecule has 20 heavy (non-hydrogen) atoms. The molecular formula is C14H19Cl3N2O. The van der Waals surface area contributed by atoms with Crippen molar-refractivity contribution in [2.24, 2.45) is 5.92 Å². The lowest BCUT2D eigenvalue weighted by Gasteiger charge is -2.36. The molecule has 1 aromatic rings. The molecule has 1 fully saturated rings. The van der Waals surface area contributed by atoms with Crippen LogP contribution in [0.1, 0.15) is 30.6 Å². The lowest BCUT2D eigenvalue weighted by Crippen LogP contribution is -2.55. The minimum atomic E-state index is -0.144. The van der Waals surface area contributed by atoms with Crippen LogP contribution in [0.4, 0.5) is 0 Å². The number of nitrogens with one attached hydrogen (secondary N) is 2. The quantitative estimate of drug-likeness (QED) is 0.867. The standard InChI is InChI=1S/C14H18Cl2N2O.ClH/c1-8-5-6-17-9(2)13(8)18-14(19)11-4-3-10(15)7-12(11)16;/h3-4,7-9,13,17H,5-6H2,1-2H3,(H,18,19);1H. The van der Waals surface area contributed by atoms with E-state index in [0.717, 1.165) is 13.0 Å². The highest BCUT2D eigenvalue weighted by Gasteiger charge is 2.29. The van der Waals surface area contributed by atoms with Gasteiger partial charge < -0.3 is 10.6 Å². The number of piperidine rings is 1. The van der Waals surface area contributed by atoms with Crippen molar-refractivity contribution in [1.82, 2.24) is 10.6 Å². The van der Waals surface area contributed by atoms with Gasteiger partial charge in [0.1, 0.15) is 0 Å². The van der Waals surface area contributed by atoms with E-state index >= 15 is 0 Å². The maximum atomic E-state index is 12.3. The predicted octanol–water partition coefficient (Wildman–Crippen LogP) is 3.53. The molecule has 1 heterocycles. The molecular weight excluding hydrogens is 319 g/mol. The van der Waals surface area contributed by atoms with E-state index in [1.807, 2.05) is 0 Å². The minimum absolute atomic E-state index is 0. The van der Waals surface area contributed by atoms with Crippen LogP contribution in [0.15, 0.2) is 18.2 Å². The number of carbonyl (C=O) groups is 1. The Kier molecular flexibility index (Phi) is 6.59. The Balaban J connectivity index is 0.00000200. The average Bonchev–Trinajstić information content (AvgIpc) is 2.33. The molecule has 0 aromatic heterocycles. The van der Waals surface area contributed by atoms with Gasteiger partial charge in [-0.05, 0) is 44.0 Å². The van der Waals surface area contributed by atoms with Gasteiger partial charge in [-0.25, -0.2) is 0 Å². The van der Waals surface area contributed by atoms with Crippen LogP contribution in [0, 0.1) is 5.92 Å². The molecule has 6 heteroatoms. The molecule has 0 aliphatic carbocycles. The second-order valence-electron chi connectivity index (χ2n) is 5.13. The Morgan fingerprint density at radius 1 is 1.35 bits per heavy atom. The molecule has 2 rings (SSSR count). The number of benzene rings is 1. The van der Waals surface area contributed by atoms with Crippen LogP contribution in [0.5, 0.6) is 0 Å². The van der Waals surface area contributed by atoms with Crippen molar-refractivity contribution in [2.75, 3.05) is 6.54 Å². The first kappa shape index (κ1) is 17.6. The zero-order chi connectivity index (χ0) is 14.0. The van der Waals surface area contributed by atoms with Crippen LogP contribution in [-0.2, 0) is 0 Å². The van der Waals surface area contributed by atoms with E-state index in [9.17, 15) is 4.79 Å². The van der Waals surface area contributed by atoms with Gasteiger partial charge in [-0.2, -0.15) is 0 Å². The van der Waals surface area contributed by atoms with Gasteiger partial charge in [0.25, 0.3) is 5.91 Å². The van der Waals surface area contributed by atoms with E-state index in [1.165, 1.54) is 0 Å². The van der Waals surface area contributed by atoms with Crippen molar-refractivity contribution in [3.8, 4) is 0 Å². The molecule has 0 radical (unpaired) electrons. The largest absolute Gasteiger partial charge is 0.347 e. The van der Waals surface area contributed by atoms with E-state index in [1.54, 1.807) is 18.2 Å². The predicted molar refractivity (Wildman–Crippen MR) is 86.2 cm³/mol. The average molecular weight is 338 g/mol. The molecule has 3 atom stereocenters. The van der Waals surface area contributed by atoms with E-state index in [4.69, 9.17) is 23.2 Å². The smallest absolute Gasteiger partial charge is 0.253 e. The van der Waals surface area contributed by atoms with Crippen molar-refractivity contribution in [3.05, 3.63) is 33.8 Å². The monoisotopic (exact) mass is 336 g/mol. The fourth-order valence-electron chi connectivity index (χ4n) is 2.51. The summed E-state index contributed by atoms with van der Waals surface area (Å²) in [5, 5.41) is 7.35. The maximum Gasteiger partial charge on any atom is 0.253 e. The molecule has 1 aliphatic heterocycles. The SMILES string of the molecule is CC1CCNC(C)C1NC(=O)c1ccc(Cl)cc1Cl.Cl. The van der Waals surface area contributed by atoms with Gasteiger partial charge >= 0.3 is 0 Å². The molecule has 1 amide bonds. The third-order valence-corrected chi connectivity index (χ3v) is 4.24. The second kappa shape index (κ2) is 7.51. The van der Waals surface area contributed by atoms with Crippen LogP contribution < -0.4 is 10.6 Å². The third-order valence-electron chi connectivity index (χ3n) is 3.69. The van der Waals surface area contributed by atoms with Gasteiger partial charge in [0.2, 0.25) is 0 Å². The summed E-state index contributed by atoms with van der Waals surface area (Å²) >= 11 is 11.9. The fourth-order valence-corrected chi connectivity index (χ4v) is 3.00. The van der Waals surface area contributed by atoms with Crippen LogP contribution >= 0.6 is 35.6 Å². The second-order valence-corrected chi connectivity index (χ2v) is 5.98. The van der Waals surface area contributed by atoms with Crippen LogP contribution in [0.25, 0.3) is 0 Å². The summed E-state index contributed by atoms with van der Waals surface area (Å²) in [6, 6.07) is 5.30. The van der Waals surface area contributed by atoms with E-state index in [2.05, 4.69) is 24.5 Å². The fraction of sp³-hybridized carbons (Fsp3) is 0.500. The molecule has 1 aromatic carbocycles. The topological polar surface area (TPSA) is 41.1 Å². The van der Waals surface area contributed by atoms with Crippen molar-refractivity contribution in [3.63, 3.8) is 0 Å². The normalized spacial score (nSPS) is 25.7. The van der Waals surface area contributed by atoms with E-state index in [0.29, 0.717) is 21.5 Å². The third kappa shape index (κ3) is 4.01. The summed E-state index contributed by atoms with van der Waals surface area (Å²) in [5.74, 6) is 0.306. The van der Waals surface area contributed by atoms with Gasteiger partial charge in [-0.3, -0.25) is 4.79 Å². The first-order valence-electron chi connectivity index (χ1n) is 6.48. The number of rotatable bonds is 2. The Hall–Kier alpha value is -0.480. The van der Waals surface area contributed by atoms with Gasteiger partial charge in [-0.1, -0.05) is 30.1 Å². The first-order chi connectivity index (χ1) is 8.99. The van der Waals surface area contributed by atoms with Crippen LogP contribution in [-0.4, -0.2) is 24.5 Å². The molecule has 0 bridgehead atoms. The lowest BCUT2D eigenvalue weighted by atomic mass is 9.89. The van der Waals surface area contributed by atoms with Crippen molar-refractivity contribution >= 4 is 41.5 Å². The molecule has 3 nitrogen and oxygen atoms in total. The number of halogens is 3. The molecule has 0 spiro atoms. The highest BCUT2D eigenvalue weighted by molar-refractivity contribution is 6.36. The van der Waals surface area contributed by atoms with Gasteiger partial charge in [-0.15, -0.1) is 12.4 Å². The number of carbonyl (C=O) groups excluding carboxylic acids is 1. The molecule has 112 valence electrons. The number of hydrogen-bond donors (Lipinski definition) is 2. The van der Waals surface area contributed by atoms with E-state index < -0.39 is 0 Å². The molecule has 0 saturated carbocycles. The van der Waals surface area contributed by atoms with Crippen molar-refractivity contribution in [2.45, 2.75) is 32.4 Å². The Morgan fingerprint density at radius 3 is 2.65 bits per heavy atom. The molecule has 1 saturated heterocycles.